The van der Waals surface area contributed by atoms with Crippen molar-refractivity contribution in [3.63, 3.8) is 0 Å². The van der Waals surface area contributed by atoms with Gasteiger partial charge in [0.15, 0.2) is 0 Å². The van der Waals surface area contributed by atoms with Crippen molar-refractivity contribution < 1.29 is 16.8 Å². The molecule has 0 aliphatic carbocycles. The third-order valence-corrected chi connectivity index (χ3v) is 7.00. The lowest BCUT2D eigenvalue weighted by atomic mass is 10.2. The van der Waals surface area contributed by atoms with Gasteiger partial charge in [-0.25, -0.2) is 16.8 Å². The SMILES string of the molecule is Cc1ccc(C)c(S(=O)(=O)Nc2ccc(S(=O)(=O)Nc3ccccc3)cc2)c1. The normalized spacial score (nSPS) is 11.8. The van der Waals surface area contributed by atoms with Gasteiger partial charge in [-0.2, -0.15) is 0 Å². The molecule has 3 rings (SSSR count). The fourth-order valence-electron chi connectivity index (χ4n) is 2.63. The van der Waals surface area contributed by atoms with Crippen LogP contribution in [-0.4, -0.2) is 16.8 Å². The molecule has 8 heteroatoms. The van der Waals surface area contributed by atoms with E-state index in [9.17, 15) is 16.8 Å². The van der Waals surface area contributed by atoms with Gasteiger partial charge in [-0.15, -0.1) is 0 Å². The number of sulfonamides is 2. The highest BCUT2D eigenvalue weighted by atomic mass is 32.2. The first kappa shape index (κ1) is 19.9. The minimum absolute atomic E-state index is 0.0334. The van der Waals surface area contributed by atoms with Gasteiger partial charge in [0.05, 0.1) is 9.79 Å². The maximum atomic E-state index is 12.7. The summed E-state index contributed by atoms with van der Waals surface area (Å²) in [5.41, 5.74) is 2.19. The second-order valence-electron chi connectivity index (χ2n) is 6.37. The Balaban J connectivity index is 1.82. The molecule has 6 nitrogen and oxygen atoms in total. The summed E-state index contributed by atoms with van der Waals surface area (Å²) in [6.07, 6.45) is 0. The summed E-state index contributed by atoms with van der Waals surface area (Å²) in [6.45, 7) is 3.54. The third-order valence-electron chi connectivity index (χ3n) is 4.08. The van der Waals surface area contributed by atoms with Crippen LogP contribution in [0.3, 0.4) is 0 Å². The van der Waals surface area contributed by atoms with Crippen molar-refractivity contribution in [2.45, 2.75) is 23.6 Å². The van der Waals surface area contributed by atoms with Crippen molar-refractivity contribution in [1.29, 1.82) is 0 Å². The van der Waals surface area contributed by atoms with Crippen LogP contribution in [-0.2, 0) is 20.0 Å². The van der Waals surface area contributed by atoms with Crippen molar-refractivity contribution in [3.8, 4) is 0 Å². The van der Waals surface area contributed by atoms with Gasteiger partial charge < -0.3 is 0 Å². The average molecular weight is 417 g/mol. The molecular formula is C20H20N2O4S2. The quantitative estimate of drug-likeness (QED) is 0.637. The van der Waals surface area contributed by atoms with Gasteiger partial charge in [0.2, 0.25) is 0 Å². The number of benzene rings is 3. The van der Waals surface area contributed by atoms with E-state index in [4.69, 9.17) is 0 Å². The molecule has 0 fully saturated rings. The molecular weight excluding hydrogens is 396 g/mol. The molecule has 0 aromatic heterocycles. The Labute approximate surface area is 165 Å². The Morgan fingerprint density at radius 3 is 1.86 bits per heavy atom. The highest BCUT2D eigenvalue weighted by molar-refractivity contribution is 7.93. The topological polar surface area (TPSA) is 92.3 Å². The van der Waals surface area contributed by atoms with Crippen molar-refractivity contribution in [1.82, 2.24) is 0 Å². The Morgan fingerprint density at radius 1 is 0.643 bits per heavy atom. The largest absolute Gasteiger partial charge is 0.280 e. The third kappa shape index (κ3) is 4.52. The van der Waals surface area contributed by atoms with Crippen LogP contribution in [0.4, 0.5) is 11.4 Å². The number of anilines is 2. The highest BCUT2D eigenvalue weighted by Crippen LogP contribution is 2.22. The summed E-state index contributed by atoms with van der Waals surface area (Å²) >= 11 is 0. The van der Waals surface area contributed by atoms with E-state index in [-0.39, 0.29) is 15.5 Å². The summed E-state index contributed by atoms with van der Waals surface area (Å²) in [7, 11) is -7.54. The Hall–Kier alpha value is -2.84. The van der Waals surface area contributed by atoms with Gasteiger partial charge in [-0.1, -0.05) is 30.3 Å². The van der Waals surface area contributed by atoms with Crippen molar-refractivity contribution in [2.24, 2.45) is 0 Å². The summed E-state index contributed by atoms with van der Waals surface area (Å²) in [5, 5.41) is 0. The van der Waals surface area contributed by atoms with Gasteiger partial charge in [-0.05, 0) is 67.4 Å². The second-order valence-corrected chi connectivity index (χ2v) is 9.70. The van der Waals surface area contributed by atoms with E-state index in [1.807, 2.05) is 13.0 Å². The first-order chi connectivity index (χ1) is 13.2. The fourth-order valence-corrected chi connectivity index (χ4v) is 5.08. The molecule has 0 bridgehead atoms. The number of aryl methyl sites for hydroxylation is 2. The highest BCUT2D eigenvalue weighted by Gasteiger charge is 2.18. The Morgan fingerprint density at radius 2 is 1.21 bits per heavy atom. The number of para-hydroxylation sites is 1. The molecule has 0 radical (unpaired) electrons. The summed E-state index contributed by atoms with van der Waals surface area (Å²) in [6, 6.07) is 19.3. The predicted octanol–water partition coefficient (Wildman–Crippen LogP) is 3.91. The monoisotopic (exact) mass is 416 g/mol. The molecule has 0 saturated heterocycles. The molecule has 0 spiro atoms. The Kier molecular flexibility index (Phi) is 5.44. The predicted molar refractivity (Wildman–Crippen MR) is 110 cm³/mol. The van der Waals surface area contributed by atoms with Crippen molar-refractivity contribution in [3.05, 3.63) is 83.9 Å². The molecule has 0 heterocycles. The smallest absolute Gasteiger partial charge is 0.262 e. The minimum atomic E-state index is -3.78. The van der Waals surface area contributed by atoms with Crippen LogP contribution >= 0.6 is 0 Å². The zero-order valence-corrected chi connectivity index (χ0v) is 17.0. The van der Waals surface area contributed by atoms with Crippen LogP contribution in [0.5, 0.6) is 0 Å². The lowest BCUT2D eigenvalue weighted by molar-refractivity contribution is 0.599. The minimum Gasteiger partial charge on any atom is -0.280 e. The van der Waals surface area contributed by atoms with Crippen molar-refractivity contribution >= 4 is 31.4 Å². The zero-order valence-electron chi connectivity index (χ0n) is 15.4. The van der Waals surface area contributed by atoms with Crippen LogP contribution in [0.25, 0.3) is 0 Å². The molecule has 146 valence electrons. The summed E-state index contributed by atoms with van der Waals surface area (Å²) in [5.74, 6) is 0. The van der Waals surface area contributed by atoms with Crippen LogP contribution in [0, 0.1) is 13.8 Å². The van der Waals surface area contributed by atoms with Gasteiger partial charge >= 0.3 is 0 Å². The fraction of sp³-hybridized carbons (Fsp3) is 0.100. The van der Waals surface area contributed by atoms with Gasteiger partial charge in [-0.3, -0.25) is 9.44 Å². The molecule has 0 unspecified atom stereocenters. The lowest BCUT2D eigenvalue weighted by Crippen LogP contribution is -2.15. The van der Waals surface area contributed by atoms with Gasteiger partial charge in [0.1, 0.15) is 0 Å². The maximum absolute atomic E-state index is 12.7. The van der Waals surface area contributed by atoms with E-state index in [1.54, 1.807) is 49.4 Å². The molecule has 3 aromatic rings. The molecule has 0 atom stereocenters. The van der Waals surface area contributed by atoms with E-state index in [0.29, 0.717) is 11.3 Å². The number of hydrogen-bond acceptors (Lipinski definition) is 4. The molecule has 28 heavy (non-hydrogen) atoms. The van der Waals surface area contributed by atoms with E-state index in [0.717, 1.165) is 5.56 Å². The van der Waals surface area contributed by atoms with E-state index in [1.165, 1.54) is 24.3 Å². The van der Waals surface area contributed by atoms with E-state index in [2.05, 4.69) is 9.44 Å². The molecule has 0 amide bonds. The first-order valence-corrected chi connectivity index (χ1v) is 11.4. The number of hydrogen-bond donors (Lipinski definition) is 2. The van der Waals surface area contributed by atoms with E-state index < -0.39 is 20.0 Å². The van der Waals surface area contributed by atoms with Gasteiger partial charge in [0.25, 0.3) is 20.0 Å². The zero-order chi connectivity index (χ0) is 20.4. The summed E-state index contributed by atoms with van der Waals surface area (Å²) in [4.78, 5) is 0.223. The van der Waals surface area contributed by atoms with Crippen molar-refractivity contribution in [2.75, 3.05) is 9.44 Å². The second kappa shape index (κ2) is 7.65. The molecule has 3 aromatic carbocycles. The molecule has 2 N–H and O–H groups in total. The standard InChI is InChI=1S/C20H20N2O4S2/c1-15-8-9-16(2)20(14-15)28(25,26)22-18-10-12-19(13-11-18)27(23,24)21-17-6-4-3-5-7-17/h3-14,21-22H,1-2H3. The van der Waals surface area contributed by atoms with E-state index >= 15 is 0 Å². The summed E-state index contributed by atoms with van der Waals surface area (Å²) < 4.78 is 55.2. The number of rotatable bonds is 6. The van der Waals surface area contributed by atoms with Crippen LogP contribution in [0.2, 0.25) is 0 Å². The molecule has 0 aliphatic heterocycles. The van der Waals surface area contributed by atoms with Crippen LogP contribution in [0.1, 0.15) is 11.1 Å². The van der Waals surface area contributed by atoms with Crippen LogP contribution in [0.15, 0.2) is 82.6 Å². The Bertz CT molecular complexity index is 1190. The van der Waals surface area contributed by atoms with Gasteiger partial charge in [0, 0.05) is 11.4 Å². The maximum Gasteiger partial charge on any atom is 0.262 e. The molecule has 0 aliphatic rings. The van der Waals surface area contributed by atoms with Crippen LogP contribution < -0.4 is 9.44 Å². The molecule has 0 saturated carbocycles. The first-order valence-electron chi connectivity index (χ1n) is 8.45. The number of nitrogens with one attached hydrogen (secondary N) is 2. The lowest BCUT2D eigenvalue weighted by Gasteiger charge is -2.12. The average Bonchev–Trinajstić information content (AvgIpc) is 2.64.